The first kappa shape index (κ1) is 13.5. The molecule has 0 saturated carbocycles. The van der Waals surface area contributed by atoms with Crippen LogP contribution in [0, 0.1) is 0 Å². The Morgan fingerprint density at radius 3 is 2.06 bits per heavy atom. The van der Waals surface area contributed by atoms with Gasteiger partial charge in [-0.3, -0.25) is 0 Å². The van der Waals surface area contributed by atoms with Crippen LogP contribution in [-0.4, -0.2) is 0 Å². The molecule has 0 saturated heterocycles. The van der Waals surface area contributed by atoms with Crippen molar-refractivity contribution in [3.8, 4) is 0 Å². The van der Waals surface area contributed by atoms with Crippen LogP contribution in [-0.2, 0) is 0 Å². The predicted octanol–water partition coefficient (Wildman–Crippen LogP) is 5.29. The minimum atomic E-state index is 1.06. The molecule has 0 aromatic carbocycles. The lowest BCUT2D eigenvalue weighted by Gasteiger charge is -2.00. The molecule has 0 heteroatoms. The van der Waals surface area contributed by atoms with Gasteiger partial charge in [-0.1, -0.05) is 61.1 Å². The zero-order valence-corrected chi connectivity index (χ0v) is 11.3. The van der Waals surface area contributed by atoms with Crippen LogP contribution < -0.4 is 0 Å². The van der Waals surface area contributed by atoms with Gasteiger partial charge in [-0.05, 0) is 43.9 Å². The van der Waals surface area contributed by atoms with E-state index in [0.717, 1.165) is 6.42 Å². The highest BCUT2D eigenvalue weighted by Gasteiger charge is 1.91. The Morgan fingerprint density at radius 2 is 1.41 bits per heavy atom. The maximum atomic E-state index is 2.24. The van der Waals surface area contributed by atoms with Crippen molar-refractivity contribution in [2.45, 2.75) is 34.1 Å². The smallest absolute Gasteiger partial charge is 0.0307 e. The van der Waals surface area contributed by atoms with E-state index in [4.69, 9.17) is 0 Å². The summed E-state index contributed by atoms with van der Waals surface area (Å²) >= 11 is 0. The zero-order chi connectivity index (χ0) is 12.7. The third-order valence-corrected chi connectivity index (χ3v) is 2.92. The fourth-order valence-corrected chi connectivity index (χ4v) is 1.59. The standard InChI is InChI=1S/C17H22/c1-5-17-12-7-6-10-15(3)16(4)11-8-9-14(2)13-17/h6-13H,5H2,1-4H3. The van der Waals surface area contributed by atoms with Gasteiger partial charge in [-0.2, -0.15) is 0 Å². The molecule has 1 aliphatic carbocycles. The van der Waals surface area contributed by atoms with Crippen molar-refractivity contribution in [2.75, 3.05) is 0 Å². The lowest BCUT2D eigenvalue weighted by Crippen LogP contribution is -1.79. The summed E-state index contributed by atoms with van der Waals surface area (Å²) in [6.45, 7) is 8.61. The molecule has 0 nitrogen and oxygen atoms in total. The fourth-order valence-electron chi connectivity index (χ4n) is 1.59. The molecular formula is C17H22. The van der Waals surface area contributed by atoms with Crippen LogP contribution in [0.2, 0.25) is 0 Å². The molecule has 0 unspecified atom stereocenters. The molecule has 0 aliphatic heterocycles. The van der Waals surface area contributed by atoms with Crippen molar-refractivity contribution < 1.29 is 0 Å². The summed E-state index contributed by atoms with van der Waals surface area (Å²) in [5.74, 6) is 0. The van der Waals surface area contributed by atoms with E-state index < -0.39 is 0 Å². The van der Waals surface area contributed by atoms with Crippen LogP contribution in [0.25, 0.3) is 0 Å². The lowest BCUT2D eigenvalue weighted by molar-refractivity contribution is 1.14. The van der Waals surface area contributed by atoms with E-state index in [9.17, 15) is 0 Å². The fraction of sp³-hybridized carbons (Fsp3) is 0.294. The highest BCUT2D eigenvalue weighted by Crippen LogP contribution is 2.11. The summed E-state index contributed by atoms with van der Waals surface area (Å²) in [7, 11) is 0. The van der Waals surface area contributed by atoms with Crippen LogP contribution in [0.15, 0.2) is 70.9 Å². The number of rotatable bonds is 1. The molecule has 0 aromatic rings. The van der Waals surface area contributed by atoms with Crippen LogP contribution in [0.4, 0.5) is 0 Å². The monoisotopic (exact) mass is 226 g/mol. The van der Waals surface area contributed by atoms with Gasteiger partial charge < -0.3 is 0 Å². The Bertz CT molecular complexity index is 435. The van der Waals surface area contributed by atoms with Crippen molar-refractivity contribution in [3.05, 3.63) is 70.9 Å². The van der Waals surface area contributed by atoms with E-state index in [1.807, 2.05) is 0 Å². The van der Waals surface area contributed by atoms with Gasteiger partial charge in [-0.15, -0.1) is 0 Å². The van der Waals surface area contributed by atoms with Crippen molar-refractivity contribution in [2.24, 2.45) is 0 Å². The van der Waals surface area contributed by atoms with Gasteiger partial charge >= 0.3 is 0 Å². The largest absolute Gasteiger partial charge is 0.0620 e. The van der Waals surface area contributed by atoms with E-state index in [1.165, 1.54) is 22.3 Å². The van der Waals surface area contributed by atoms with E-state index in [0.29, 0.717) is 0 Å². The number of hydrogen-bond acceptors (Lipinski definition) is 0. The molecule has 0 atom stereocenters. The van der Waals surface area contributed by atoms with Crippen molar-refractivity contribution in [1.29, 1.82) is 0 Å². The topological polar surface area (TPSA) is 0 Å². The van der Waals surface area contributed by atoms with Crippen LogP contribution in [0.3, 0.4) is 0 Å². The molecule has 0 aromatic heterocycles. The lowest BCUT2D eigenvalue weighted by atomic mass is 10.1. The molecule has 0 bridgehead atoms. The molecular weight excluding hydrogens is 204 g/mol. The average molecular weight is 226 g/mol. The Balaban J connectivity index is 3.11. The minimum absolute atomic E-state index is 1.06. The minimum Gasteiger partial charge on any atom is -0.0620 e. The summed E-state index contributed by atoms with van der Waals surface area (Å²) in [6.07, 6.45) is 18.3. The van der Waals surface area contributed by atoms with E-state index in [-0.39, 0.29) is 0 Å². The first-order valence-corrected chi connectivity index (χ1v) is 6.21. The highest BCUT2D eigenvalue weighted by atomic mass is 14.0. The first-order chi connectivity index (χ1) is 8.13. The van der Waals surface area contributed by atoms with Crippen LogP contribution >= 0.6 is 0 Å². The van der Waals surface area contributed by atoms with Gasteiger partial charge in [0.25, 0.3) is 0 Å². The average Bonchev–Trinajstić information content (AvgIpc) is 2.31. The normalized spacial score (nSPS) is 17.4. The zero-order valence-electron chi connectivity index (χ0n) is 11.3. The molecule has 1 aliphatic rings. The second-order valence-electron chi connectivity index (χ2n) is 4.43. The van der Waals surface area contributed by atoms with Crippen molar-refractivity contribution >= 4 is 0 Å². The van der Waals surface area contributed by atoms with E-state index in [1.54, 1.807) is 0 Å². The Hall–Kier alpha value is -1.56. The molecule has 0 fully saturated rings. The Kier molecular flexibility index (Phi) is 5.48. The second-order valence-corrected chi connectivity index (χ2v) is 4.43. The predicted molar refractivity (Wildman–Crippen MR) is 77.9 cm³/mol. The maximum Gasteiger partial charge on any atom is -0.0307 e. The van der Waals surface area contributed by atoms with Crippen LogP contribution in [0.5, 0.6) is 0 Å². The molecule has 0 heterocycles. The number of hydrogen-bond donors (Lipinski definition) is 0. The third-order valence-electron chi connectivity index (χ3n) is 2.92. The van der Waals surface area contributed by atoms with Gasteiger partial charge in [-0.25, -0.2) is 0 Å². The highest BCUT2D eigenvalue weighted by molar-refractivity contribution is 5.37. The summed E-state index contributed by atoms with van der Waals surface area (Å²) in [5.41, 5.74) is 5.26. The summed E-state index contributed by atoms with van der Waals surface area (Å²) in [6, 6.07) is 0. The quantitative estimate of drug-likeness (QED) is 0.570. The SMILES string of the molecule is CCC1=CC(C)=CC=CC(C)=C(C)C=CC=C1. The molecule has 0 amide bonds. The number of allylic oxidation sites excluding steroid dienone is 12. The summed E-state index contributed by atoms with van der Waals surface area (Å²) in [4.78, 5) is 0. The molecule has 0 N–H and O–H groups in total. The van der Waals surface area contributed by atoms with Gasteiger partial charge in [0.05, 0.1) is 0 Å². The first-order valence-electron chi connectivity index (χ1n) is 6.21. The molecule has 0 radical (unpaired) electrons. The van der Waals surface area contributed by atoms with Gasteiger partial charge in [0.1, 0.15) is 0 Å². The third kappa shape index (κ3) is 4.86. The van der Waals surface area contributed by atoms with Crippen molar-refractivity contribution in [1.82, 2.24) is 0 Å². The van der Waals surface area contributed by atoms with Gasteiger partial charge in [0.15, 0.2) is 0 Å². The van der Waals surface area contributed by atoms with Gasteiger partial charge in [0, 0.05) is 0 Å². The summed E-state index contributed by atoms with van der Waals surface area (Å²) < 4.78 is 0. The molecule has 17 heavy (non-hydrogen) atoms. The van der Waals surface area contributed by atoms with Crippen molar-refractivity contribution in [3.63, 3.8) is 0 Å². The molecule has 1 rings (SSSR count). The molecule has 90 valence electrons. The van der Waals surface area contributed by atoms with E-state index >= 15 is 0 Å². The Labute approximate surface area is 105 Å². The Morgan fingerprint density at radius 1 is 0.824 bits per heavy atom. The van der Waals surface area contributed by atoms with Crippen LogP contribution in [0.1, 0.15) is 34.1 Å². The second kappa shape index (κ2) is 6.90. The van der Waals surface area contributed by atoms with E-state index in [2.05, 4.69) is 76.3 Å². The molecule has 0 spiro atoms. The maximum absolute atomic E-state index is 2.24. The summed E-state index contributed by atoms with van der Waals surface area (Å²) in [5, 5.41) is 0. The van der Waals surface area contributed by atoms with Gasteiger partial charge in [0.2, 0.25) is 0 Å².